The normalized spacial score (nSPS) is 19.4. The Kier molecular flexibility index (Phi) is 4.99. The molecule has 2 aromatic rings. The zero-order valence-electron chi connectivity index (χ0n) is 14.5. The van der Waals surface area contributed by atoms with Crippen molar-refractivity contribution in [2.75, 3.05) is 18.1 Å². The highest BCUT2D eigenvalue weighted by Crippen LogP contribution is 2.28. The van der Waals surface area contributed by atoms with Gasteiger partial charge in [0, 0.05) is 10.6 Å². The van der Waals surface area contributed by atoms with Gasteiger partial charge in [-0.2, -0.15) is 0 Å². The summed E-state index contributed by atoms with van der Waals surface area (Å²) in [4.78, 5) is 39.3. The van der Waals surface area contributed by atoms with Crippen molar-refractivity contribution in [2.24, 2.45) is 0 Å². The van der Waals surface area contributed by atoms with Gasteiger partial charge in [0.25, 0.3) is 5.91 Å². The molecule has 0 aliphatic carbocycles. The van der Waals surface area contributed by atoms with Crippen molar-refractivity contribution in [3.63, 3.8) is 0 Å². The van der Waals surface area contributed by atoms with E-state index in [-0.39, 0.29) is 6.54 Å². The molecule has 1 aliphatic heterocycles. The molecule has 1 atom stereocenters. The van der Waals surface area contributed by atoms with Crippen LogP contribution >= 0.6 is 11.8 Å². The lowest BCUT2D eigenvalue weighted by Crippen LogP contribution is -2.42. The summed E-state index contributed by atoms with van der Waals surface area (Å²) in [5.74, 6) is -0.871. The van der Waals surface area contributed by atoms with Crippen molar-refractivity contribution in [1.29, 1.82) is 0 Å². The minimum absolute atomic E-state index is 0.336. The van der Waals surface area contributed by atoms with Crippen molar-refractivity contribution in [1.82, 2.24) is 10.2 Å². The van der Waals surface area contributed by atoms with Crippen LogP contribution in [-0.2, 0) is 15.1 Å². The first-order chi connectivity index (χ1) is 12.4. The van der Waals surface area contributed by atoms with Crippen LogP contribution in [0.2, 0.25) is 0 Å². The number of anilines is 1. The van der Waals surface area contributed by atoms with Gasteiger partial charge in [0.05, 0.1) is 0 Å². The second kappa shape index (κ2) is 7.21. The first-order valence-corrected chi connectivity index (χ1v) is 9.30. The van der Waals surface area contributed by atoms with Gasteiger partial charge in [-0.05, 0) is 43.0 Å². The molecule has 0 unspecified atom stereocenters. The van der Waals surface area contributed by atoms with Crippen molar-refractivity contribution >= 4 is 35.3 Å². The Morgan fingerprint density at radius 2 is 1.77 bits per heavy atom. The highest BCUT2D eigenvalue weighted by molar-refractivity contribution is 7.98. The van der Waals surface area contributed by atoms with Crippen molar-refractivity contribution in [3.8, 4) is 0 Å². The minimum atomic E-state index is -1.17. The fourth-order valence-electron chi connectivity index (χ4n) is 2.83. The molecule has 0 spiro atoms. The molecule has 6 nitrogen and oxygen atoms in total. The van der Waals surface area contributed by atoms with Crippen LogP contribution in [0, 0.1) is 0 Å². The number of carbonyl (C=O) groups is 3. The van der Waals surface area contributed by atoms with Crippen LogP contribution < -0.4 is 10.6 Å². The molecular weight excluding hydrogens is 350 g/mol. The first-order valence-electron chi connectivity index (χ1n) is 8.07. The quantitative estimate of drug-likeness (QED) is 0.627. The van der Waals surface area contributed by atoms with Gasteiger partial charge in [0.15, 0.2) is 0 Å². The van der Waals surface area contributed by atoms with E-state index in [1.807, 2.05) is 24.5 Å². The molecule has 1 aliphatic rings. The minimum Gasteiger partial charge on any atom is -0.325 e. The van der Waals surface area contributed by atoms with Crippen LogP contribution in [0.25, 0.3) is 0 Å². The van der Waals surface area contributed by atoms with Gasteiger partial charge >= 0.3 is 6.03 Å². The Morgan fingerprint density at radius 3 is 2.38 bits per heavy atom. The average molecular weight is 369 g/mol. The summed E-state index contributed by atoms with van der Waals surface area (Å²) in [6, 6.07) is 15.7. The zero-order chi connectivity index (χ0) is 18.7. The summed E-state index contributed by atoms with van der Waals surface area (Å²) in [7, 11) is 0. The molecule has 0 aromatic heterocycles. The molecule has 0 bridgehead atoms. The van der Waals surface area contributed by atoms with Gasteiger partial charge in [0.1, 0.15) is 12.1 Å². The molecule has 0 saturated carbocycles. The smallest absolute Gasteiger partial charge is 0.325 e. The predicted molar refractivity (Wildman–Crippen MR) is 101 cm³/mol. The molecule has 0 radical (unpaired) electrons. The molecule has 1 fully saturated rings. The van der Waals surface area contributed by atoms with Crippen LogP contribution in [0.1, 0.15) is 12.5 Å². The zero-order valence-corrected chi connectivity index (χ0v) is 15.3. The molecule has 4 amide bonds. The maximum absolute atomic E-state index is 12.8. The summed E-state index contributed by atoms with van der Waals surface area (Å²) in [6.07, 6.45) is 1.97. The number of benzene rings is 2. The number of carbonyl (C=O) groups excluding carboxylic acids is 3. The summed E-state index contributed by atoms with van der Waals surface area (Å²) in [6.45, 7) is 1.30. The van der Waals surface area contributed by atoms with Crippen LogP contribution in [0.3, 0.4) is 0 Å². The van der Waals surface area contributed by atoms with E-state index in [9.17, 15) is 14.4 Å². The van der Waals surface area contributed by atoms with Gasteiger partial charge in [-0.3, -0.25) is 14.5 Å². The van der Waals surface area contributed by atoms with E-state index in [1.165, 1.54) is 0 Å². The number of nitrogens with zero attached hydrogens (tertiary/aromatic N) is 1. The molecule has 26 heavy (non-hydrogen) atoms. The lowest BCUT2D eigenvalue weighted by atomic mass is 9.92. The number of amides is 4. The third-order valence-electron chi connectivity index (χ3n) is 4.30. The van der Waals surface area contributed by atoms with Gasteiger partial charge in [-0.15, -0.1) is 11.8 Å². The molecule has 2 N–H and O–H groups in total. The van der Waals surface area contributed by atoms with E-state index in [1.54, 1.807) is 55.1 Å². The Bertz CT molecular complexity index is 839. The number of rotatable bonds is 5. The standard InChI is InChI=1S/C19H19N3O3S/c1-19(13-6-4-3-5-7-13)17(24)22(18(25)21-19)12-16(23)20-14-8-10-15(26-2)11-9-14/h3-11H,12H2,1-2H3,(H,20,23)(H,21,25)/t19-/m1/s1. The molecule has 7 heteroatoms. The van der Waals surface area contributed by atoms with E-state index in [2.05, 4.69) is 10.6 Å². The van der Waals surface area contributed by atoms with Crippen molar-refractivity contribution in [2.45, 2.75) is 17.4 Å². The summed E-state index contributed by atoms with van der Waals surface area (Å²) >= 11 is 1.60. The Balaban J connectivity index is 1.70. The lowest BCUT2D eigenvalue weighted by Gasteiger charge is -2.22. The number of urea groups is 1. The number of nitrogens with one attached hydrogen (secondary N) is 2. The first kappa shape index (κ1) is 18.0. The second-order valence-electron chi connectivity index (χ2n) is 6.09. The van der Waals surface area contributed by atoms with Gasteiger partial charge < -0.3 is 10.6 Å². The van der Waals surface area contributed by atoms with E-state index >= 15 is 0 Å². The van der Waals surface area contributed by atoms with E-state index in [0.717, 1.165) is 9.80 Å². The maximum atomic E-state index is 12.8. The fraction of sp³-hybridized carbons (Fsp3) is 0.211. The van der Waals surface area contributed by atoms with Crippen molar-refractivity contribution in [3.05, 3.63) is 60.2 Å². The molecule has 2 aromatic carbocycles. The number of hydrogen-bond acceptors (Lipinski definition) is 4. The van der Waals surface area contributed by atoms with Crippen LogP contribution in [0.15, 0.2) is 59.5 Å². The summed E-state index contributed by atoms with van der Waals surface area (Å²) < 4.78 is 0. The van der Waals surface area contributed by atoms with E-state index in [4.69, 9.17) is 0 Å². The fourth-order valence-corrected chi connectivity index (χ4v) is 3.23. The molecule has 3 rings (SSSR count). The second-order valence-corrected chi connectivity index (χ2v) is 6.97. The topological polar surface area (TPSA) is 78.5 Å². The Morgan fingerprint density at radius 1 is 1.12 bits per heavy atom. The third-order valence-corrected chi connectivity index (χ3v) is 5.05. The van der Waals surface area contributed by atoms with Gasteiger partial charge in [0.2, 0.25) is 5.91 Å². The van der Waals surface area contributed by atoms with Gasteiger partial charge in [-0.25, -0.2) is 4.79 Å². The van der Waals surface area contributed by atoms with Gasteiger partial charge in [-0.1, -0.05) is 30.3 Å². The highest BCUT2D eigenvalue weighted by atomic mass is 32.2. The Labute approximate surface area is 156 Å². The molecule has 134 valence electrons. The van der Waals surface area contributed by atoms with Crippen LogP contribution in [0.5, 0.6) is 0 Å². The average Bonchev–Trinajstić information content (AvgIpc) is 2.87. The third kappa shape index (κ3) is 3.43. The molecule has 1 heterocycles. The number of thioether (sulfide) groups is 1. The predicted octanol–water partition coefficient (Wildman–Crippen LogP) is 2.81. The van der Waals surface area contributed by atoms with Crippen LogP contribution in [0.4, 0.5) is 10.5 Å². The molecule has 1 saturated heterocycles. The number of hydrogen-bond donors (Lipinski definition) is 2. The number of imide groups is 1. The largest absolute Gasteiger partial charge is 0.325 e. The monoisotopic (exact) mass is 369 g/mol. The SMILES string of the molecule is CSc1ccc(NC(=O)CN2C(=O)N[C@](C)(c3ccccc3)C2=O)cc1. The maximum Gasteiger partial charge on any atom is 0.325 e. The van der Waals surface area contributed by atoms with E-state index < -0.39 is 23.4 Å². The molecular formula is C19H19N3O3S. The highest BCUT2D eigenvalue weighted by Gasteiger charge is 2.49. The summed E-state index contributed by atoms with van der Waals surface area (Å²) in [5, 5.41) is 5.39. The van der Waals surface area contributed by atoms with Crippen molar-refractivity contribution < 1.29 is 14.4 Å². The lowest BCUT2D eigenvalue weighted by molar-refractivity contribution is -0.133. The summed E-state index contributed by atoms with van der Waals surface area (Å²) in [5.41, 5.74) is 0.123. The van der Waals surface area contributed by atoms with Crippen LogP contribution in [-0.4, -0.2) is 35.5 Å². The van der Waals surface area contributed by atoms with E-state index in [0.29, 0.717) is 11.3 Å². The Hall–Kier alpha value is -2.80.